The Labute approximate surface area is 82.8 Å². The Hall–Kier alpha value is 0.0200. The van der Waals surface area contributed by atoms with Crippen molar-refractivity contribution >= 4 is 18.7 Å². The van der Waals surface area contributed by atoms with Gasteiger partial charge in [-0.1, -0.05) is 6.42 Å². The molecule has 9 heteroatoms. The van der Waals surface area contributed by atoms with Gasteiger partial charge in [0.1, 0.15) is 0 Å². The second-order valence-electron chi connectivity index (χ2n) is 2.84. The van der Waals surface area contributed by atoms with E-state index in [2.05, 4.69) is 8.59 Å². The molecule has 0 saturated carbocycles. The second kappa shape index (κ2) is 5.20. The molecule has 1 rings (SSSR count). The summed E-state index contributed by atoms with van der Waals surface area (Å²) in [4.78, 5) is 0. The number of hydroxylamine groups is 2. The van der Waals surface area contributed by atoms with Crippen molar-refractivity contribution in [3.63, 3.8) is 0 Å². The monoisotopic (exact) mass is 245 g/mol. The summed E-state index contributed by atoms with van der Waals surface area (Å²) in [6.07, 6.45) is 2.88. The van der Waals surface area contributed by atoms with Crippen LogP contribution in [0.4, 0.5) is 0 Å². The summed E-state index contributed by atoms with van der Waals surface area (Å²) in [7, 11) is -7.90. The molecule has 1 heterocycles. The van der Waals surface area contributed by atoms with E-state index >= 15 is 0 Å². The van der Waals surface area contributed by atoms with Crippen LogP contribution < -0.4 is 0 Å². The molecule has 7 nitrogen and oxygen atoms in total. The summed E-state index contributed by atoms with van der Waals surface area (Å²) in [5.74, 6) is 0. The summed E-state index contributed by atoms with van der Waals surface area (Å²) in [6, 6.07) is 0. The van der Waals surface area contributed by atoms with Crippen LogP contribution in [-0.4, -0.2) is 31.1 Å². The molecule has 1 N–H and O–H groups in total. The normalized spacial score (nSPS) is 22.1. The Kier molecular flexibility index (Phi) is 4.49. The highest BCUT2D eigenvalue weighted by Crippen LogP contribution is 2.29. The van der Waals surface area contributed by atoms with Gasteiger partial charge in [0, 0.05) is 13.1 Å². The van der Waals surface area contributed by atoms with Gasteiger partial charge in [-0.25, -0.2) is 4.62 Å². The fourth-order valence-corrected chi connectivity index (χ4v) is 2.37. The molecule has 0 spiro atoms. The van der Waals surface area contributed by atoms with Crippen LogP contribution in [0.1, 0.15) is 19.3 Å². The highest BCUT2D eigenvalue weighted by Gasteiger charge is 2.17. The first kappa shape index (κ1) is 12.1. The minimum absolute atomic E-state index is 0.589. The van der Waals surface area contributed by atoms with Gasteiger partial charge in [-0.15, -0.1) is 0 Å². The van der Waals surface area contributed by atoms with Crippen LogP contribution in [0.25, 0.3) is 0 Å². The Morgan fingerprint density at radius 3 is 2.29 bits per heavy atom. The molecule has 14 heavy (non-hydrogen) atoms. The summed E-state index contributed by atoms with van der Waals surface area (Å²) in [5, 5.41) is 1.38. The third-order valence-electron chi connectivity index (χ3n) is 1.69. The van der Waals surface area contributed by atoms with E-state index in [-0.39, 0.29) is 0 Å². The van der Waals surface area contributed by atoms with Gasteiger partial charge in [-0.2, -0.15) is 17.5 Å². The second-order valence-corrected chi connectivity index (χ2v) is 5.05. The molecule has 1 aliphatic heterocycles. The van der Waals surface area contributed by atoms with Crippen molar-refractivity contribution in [2.45, 2.75) is 19.3 Å². The zero-order valence-electron chi connectivity index (χ0n) is 7.38. The molecule has 1 atom stereocenters. The predicted octanol–water partition coefficient (Wildman–Crippen LogP) is 0.613. The fraction of sp³-hybridized carbons (Fsp3) is 1.00. The summed E-state index contributed by atoms with van der Waals surface area (Å²) in [5.41, 5.74) is 0. The number of nitrogens with zero attached hydrogens (tertiary/aromatic N) is 1. The largest absolute Gasteiger partial charge is 0.404 e. The zero-order valence-corrected chi connectivity index (χ0v) is 9.20. The molecular weight excluding hydrogens is 233 g/mol. The molecule has 0 radical (unpaired) electrons. The topological polar surface area (TPSA) is 93.1 Å². The van der Waals surface area contributed by atoms with Gasteiger partial charge < -0.3 is 0 Å². The molecule has 0 bridgehead atoms. The summed E-state index contributed by atoms with van der Waals surface area (Å²) >= 11 is 0. The van der Waals surface area contributed by atoms with Crippen molar-refractivity contribution in [1.82, 2.24) is 5.06 Å². The van der Waals surface area contributed by atoms with E-state index in [0.29, 0.717) is 13.1 Å². The highest BCUT2D eigenvalue weighted by atomic mass is 32.3. The molecule has 0 aromatic rings. The van der Waals surface area contributed by atoms with Crippen LogP contribution in [0.2, 0.25) is 0 Å². The van der Waals surface area contributed by atoms with Crippen molar-refractivity contribution in [1.29, 1.82) is 0 Å². The zero-order chi connectivity index (χ0) is 10.6. The van der Waals surface area contributed by atoms with E-state index in [1.807, 2.05) is 0 Å². The molecule has 1 aliphatic rings. The average Bonchev–Trinajstić information content (AvgIpc) is 2.02. The molecular formula is C5H12NO6PS. The molecule has 84 valence electrons. The van der Waals surface area contributed by atoms with Gasteiger partial charge in [0.05, 0.1) is 0 Å². The predicted molar refractivity (Wildman–Crippen MR) is 48.1 cm³/mol. The maximum absolute atomic E-state index is 10.9. The van der Waals surface area contributed by atoms with Gasteiger partial charge in [0.25, 0.3) is 0 Å². The highest BCUT2D eigenvalue weighted by molar-refractivity contribution is 7.84. The van der Waals surface area contributed by atoms with Crippen molar-refractivity contribution < 1.29 is 26.1 Å². The van der Waals surface area contributed by atoms with Crippen LogP contribution >= 0.6 is 8.25 Å². The van der Waals surface area contributed by atoms with Crippen molar-refractivity contribution in [3.05, 3.63) is 0 Å². The van der Waals surface area contributed by atoms with Crippen molar-refractivity contribution in [3.8, 4) is 0 Å². The van der Waals surface area contributed by atoms with Crippen molar-refractivity contribution in [2.24, 2.45) is 0 Å². The standard InChI is InChI=1S/C5H12NO6PS/c7-13(12-14(8,9)10)11-6-4-2-1-3-5-6/h13H,1-5H2,(H,8,9,10). The first-order valence-corrected chi connectivity index (χ1v) is 6.70. The van der Waals surface area contributed by atoms with E-state index in [9.17, 15) is 13.0 Å². The van der Waals surface area contributed by atoms with Crippen molar-refractivity contribution in [2.75, 3.05) is 13.1 Å². The summed E-state index contributed by atoms with van der Waals surface area (Å²) < 4.78 is 47.8. The Balaban J connectivity index is 2.32. The van der Waals surface area contributed by atoms with Crippen LogP contribution in [0.5, 0.6) is 0 Å². The lowest BCUT2D eigenvalue weighted by atomic mass is 10.2. The average molecular weight is 245 g/mol. The van der Waals surface area contributed by atoms with E-state index in [4.69, 9.17) is 4.55 Å². The van der Waals surface area contributed by atoms with E-state index in [1.165, 1.54) is 5.06 Å². The quantitative estimate of drug-likeness (QED) is 0.573. The lowest BCUT2D eigenvalue weighted by Crippen LogP contribution is -2.27. The molecule has 1 saturated heterocycles. The molecule has 1 unspecified atom stereocenters. The minimum Gasteiger partial charge on any atom is -0.263 e. The number of rotatable bonds is 4. The van der Waals surface area contributed by atoms with Crippen LogP contribution in [0, 0.1) is 0 Å². The van der Waals surface area contributed by atoms with Gasteiger partial charge in [-0.3, -0.25) is 9.12 Å². The maximum atomic E-state index is 10.9. The molecule has 0 aromatic heterocycles. The first-order valence-electron chi connectivity index (χ1n) is 4.11. The Bertz CT molecular complexity index is 297. The fourth-order valence-electron chi connectivity index (χ4n) is 1.16. The smallest absolute Gasteiger partial charge is 0.263 e. The molecule has 0 aromatic carbocycles. The van der Waals surface area contributed by atoms with Gasteiger partial charge in [0.15, 0.2) is 0 Å². The number of hydrogen-bond donors (Lipinski definition) is 1. The van der Waals surface area contributed by atoms with Crippen LogP contribution in [0.15, 0.2) is 0 Å². The van der Waals surface area contributed by atoms with Gasteiger partial charge in [0.2, 0.25) is 0 Å². The van der Waals surface area contributed by atoms with Gasteiger partial charge >= 0.3 is 18.7 Å². The van der Waals surface area contributed by atoms with Crippen LogP contribution in [0.3, 0.4) is 0 Å². The van der Waals surface area contributed by atoms with Crippen LogP contribution in [-0.2, 0) is 23.6 Å². The van der Waals surface area contributed by atoms with E-state index in [0.717, 1.165) is 19.3 Å². The van der Waals surface area contributed by atoms with Gasteiger partial charge in [-0.05, 0) is 12.8 Å². The first-order chi connectivity index (χ1) is 6.47. The molecule has 0 amide bonds. The van der Waals surface area contributed by atoms with E-state index < -0.39 is 18.7 Å². The van der Waals surface area contributed by atoms with E-state index in [1.54, 1.807) is 0 Å². The Morgan fingerprint density at radius 2 is 1.79 bits per heavy atom. The third-order valence-corrected chi connectivity index (χ3v) is 3.49. The molecule has 1 fully saturated rings. The minimum atomic E-state index is -4.69. The number of piperidine rings is 1. The lowest BCUT2D eigenvalue weighted by Gasteiger charge is -2.24. The summed E-state index contributed by atoms with van der Waals surface area (Å²) in [6.45, 7) is 1.18. The Morgan fingerprint density at radius 1 is 1.21 bits per heavy atom. The third kappa shape index (κ3) is 5.04. The number of hydrogen-bond acceptors (Lipinski definition) is 6. The molecule has 0 aliphatic carbocycles. The maximum Gasteiger partial charge on any atom is 0.404 e. The SMILES string of the molecule is O=[PH](ON1CCCCC1)OS(=O)(=O)O. The lowest BCUT2D eigenvalue weighted by molar-refractivity contribution is -0.0721.